The molecule has 1 aromatic heterocycles. The maximum absolute atomic E-state index is 13.9. The highest BCUT2D eigenvalue weighted by Crippen LogP contribution is 2.40. The van der Waals surface area contributed by atoms with Gasteiger partial charge in [-0.2, -0.15) is 11.8 Å². The minimum absolute atomic E-state index is 0.210. The molecule has 0 aliphatic carbocycles. The Labute approximate surface area is 137 Å². The van der Waals surface area contributed by atoms with Gasteiger partial charge in [-0.15, -0.1) is 0 Å². The summed E-state index contributed by atoms with van der Waals surface area (Å²) >= 11 is 14.3. The van der Waals surface area contributed by atoms with E-state index in [4.69, 9.17) is 23.2 Å². The number of benzene rings is 1. The summed E-state index contributed by atoms with van der Waals surface area (Å²) in [5.74, 6) is 1.36. The number of thioether (sulfide) groups is 1. The van der Waals surface area contributed by atoms with Crippen LogP contribution in [-0.2, 0) is 0 Å². The van der Waals surface area contributed by atoms with Crippen molar-refractivity contribution in [3.8, 4) is 11.1 Å². The van der Waals surface area contributed by atoms with Crippen molar-refractivity contribution in [2.24, 2.45) is 0 Å². The number of aromatic nitrogens is 2. The molecule has 6 heteroatoms. The first-order chi connectivity index (χ1) is 10.2. The van der Waals surface area contributed by atoms with Crippen LogP contribution in [0.1, 0.15) is 30.3 Å². The van der Waals surface area contributed by atoms with E-state index in [1.165, 1.54) is 12.5 Å². The second-order valence-electron chi connectivity index (χ2n) is 4.87. The SMILES string of the molecule is Fc1ccccc1-c1c(Cl)nc(C2CCCCS2)nc1Cl. The molecule has 1 aromatic carbocycles. The van der Waals surface area contributed by atoms with Crippen LogP contribution in [0.4, 0.5) is 4.39 Å². The van der Waals surface area contributed by atoms with Crippen LogP contribution in [-0.4, -0.2) is 15.7 Å². The molecule has 2 heterocycles. The third kappa shape index (κ3) is 3.17. The topological polar surface area (TPSA) is 25.8 Å². The standard InChI is InChI=1S/C15H13Cl2FN2S/c16-13-12(9-5-1-2-6-10(9)18)14(17)20-15(19-13)11-7-3-4-8-21-11/h1-2,5-6,11H,3-4,7-8H2. The average Bonchev–Trinajstić information content (AvgIpc) is 2.49. The van der Waals surface area contributed by atoms with Crippen LogP contribution in [0.5, 0.6) is 0 Å². The van der Waals surface area contributed by atoms with Gasteiger partial charge in [0, 0.05) is 5.56 Å². The van der Waals surface area contributed by atoms with Crippen molar-refractivity contribution < 1.29 is 4.39 Å². The van der Waals surface area contributed by atoms with E-state index in [1.807, 2.05) is 11.8 Å². The minimum atomic E-state index is -0.385. The molecule has 0 N–H and O–H groups in total. The van der Waals surface area contributed by atoms with Gasteiger partial charge in [0.2, 0.25) is 0 Å². The zero-order valence-electron chi connectivity index (χ0n) is 11.2. The maximum atomic E-state index is 13.9. The van der Waals surface area contributed by atoms with Gasteiger partial charge < -0.3 is 0 Å². The predicted molar refractivity (Wildman–Crippen MR) is 86.5 cm³/mol. The first-order valence-corrected chi connectivity index (χ1v) is 8.56. The van der Waals surface area contributed by atoms with E-state index >= 15 is 0 Å². The van der Waals surface area contributed by atoms with Gasteiger partial charge in [0.25, 0.3) is 0 Å². The molecule has 110 valence electrons. The summed E-state index contributed by atoms with van der Waals surface area (Å²) in [6.07, 6.45) is 3.40. The Morgan fingerprint density at radius 2 is 1.81 bits per heavy atom. The molecule has 1 unspecified atom stereocenters. The highest BCUT2D eigenvalue weighted by molar-refractivity contribution is 7.99. The van der Waals surface area contributed by atoms with Crippen molar-refractivity contribution in [2.75, 3.05) is 5.75 Å². The Balaban J connectivity index is 2.02. The van der Waals surface area contributed by atoms with E-state index in [0.29, 0.717) is 17.0 Å². The van der Waals surface area contributed by atoms with Gasteiger partial charge >= 0.3 is 0 Å². The maximum Gasteiger partial charge on any atom is 0.144 e. The van der Waals surface area contributed by atoms with Crippen molar-refractivity contribution in [2.45, 2.75) is 24.5 Å². The van der Waals surface area contributed by atoms with E-state index in [-0.39, 0.29) is 21.4 Å². The number of nitrogens with zero attached hydrogens (tertiary/aromatic N) is 2. The van der Waals surface area contributed by atoms with Gasteiger partial charge in [0.1, 0.15) is 21.9 Å². The van der Waals surface area contributed by atoms with Crippen LogP contribution >= 0.6 is 35.0 Å². The Kier molecular flexibility index (Phi) is 4.67. The lowest BCUT2D eigenvalue weighted by molar-refractivity contribution is 0.631. The molecule has 21 heavy (non-hydrogen) atoms. The van der Waals surface area contributed by atoms with E-state index in [9.17, 15) is 4.39 Å². The molecule has 1 atom stereocenters. The number of halogens is 3. The van der Waals surface area contributed by atoms with E-state index in [2.05, 4.69) is 9.97 Å². The van der Waals surface area contributed by atoms with Gasteiger partial charge in [0.05, 0.1) is 10.8 Å². The van der Waals surface area contributed by atoms with Crippen molar-refractivity contribution in [3.63, 3.8) is 0 Å². The fourth-order valence-corrected chi connectivity index (χ4v) is 4.24. The quantitative estimate of drug-likeness (QED) is 0.669. The molecule has 2 nitrogen and oxygen atoms in total. The molecule has 0 saturated carbocycles. The molecule has 1 fully saturated rings. The van der Waals surface area contributed by atoms with Gasteiger partial charge in [-0.1, -0.05) is 47.8 Å². The fraction of sp³-hybridized carbons (Fsp3) is 0.333. The van der Waals surface area contributed by atoms with Gasteiger partial charge in [-0.3, -0.25) is 0 Å². The Bertz CT molecular complexity index is 637. The molecular formula is C15H13Cl2FN2S. The minimum Gasteiger partial charge on any atom is -0.219 e. The zero-order valence-corrected chi connectivity index (χ0v) is 13.5. The summed E-state index contributed by atoms with van der Waals surface area (Å²) in [5, 5.41) is 0.644. The Morgan fingerprint density at radius 1 is 1.10 bits per heavy atom. The van der Waals surface area contributed by atoms with Crippen LogP contribution in [0.15, 0.2) is 24.3 Å². The van der Waals surface area contributed by atoms with Crippen LogP contribution in [0.25, 0.3) is 11.1 Å². The molecule has 1 aliphatic heterocycles. The lowest BCUT2D eigenvalue weighted by atomic mass is 10.1. The van der Waals surface area contributed by atoms with Gasteiger partial charge in [-0.25, -0.2) is 14.4 Å². The first kappa shape index (κ1) is 15.1. The van der Waals surface area contributed by atoms with Crippen molar-refractivity contribution in [3.05, 3.63) is 46.2 Å². The monoisotopic (exact) mass is 342 g/mol. The number of hydrogen-bond acceptors (Lipinski definition) is 3. The molecule has 2 aromatic rings. The second kappa shape index (κ2) is 6.51. The largest absolute Gasteiger partial charge is 0.219 e. The van der Waals surface area contributed by atoms with E-state index in [0.717, 1.165) is 18.6 Å². The van der Waals surface area contributed by atoms with Crippen molar-refractivity contribution in [1.29, 1.82) is 0 Å². The highest BCUT2D eigenvalue weighted by Gasteiger charge is 2.23. The van der Waals surface area contributed by atoms with Crippen LogP contribution in [0.2, 0.25) is 10.3 Å². The van der Waals surface area contributed by atoms with E-state index in [1.54, 1.807) is 18.2 Å². The third-order valence-electron chi connectivity index (χ3n) is 3.45. The smallest absolute Gasteiger partial charge is 0.144 e. The normalized spacial score (nSPS) is 18.7. The molecule has 0 spiro atoms. The molecule has 0 radical (unpaired) electrons. The molecule has 0 bridgehead atoms. The van der Waals surface area contributed by atoms with Crippen LogP contribution < -0.4 is 0 Å². The van der Waals surface area contributed by atoms with Crippen LogP contribution in [0, 0.1) is 5.82 Å². The van der Waals surface area contributed by atoms with Crippen molar-refractivity contribution in [1.82, 2.24) is 9.97 Å². The Hall–Kier alpha value is -0.840. The van der Waals surface area contributed by atoms with E-state index < -0.39 is 0 Å². The fourth-order valence-electron chi connectivity index (χ4n) is 2.40. The second-order valence-corrected chi connectivity index (χ2v) is 6.90. The molecule has 0 amide bonds. The lowest BCUT2D eigenvalue weighted by Gasteiger charge is -2.20. The molecule has 1 saturated heterocycles. The predicted octanol–water partition coefficient (Wildman–Crippen LogP) is 5.55. The molecular weight excluding hydrogens is 330 g/mol. The summed E-state index contributed by atoms with van der Waals surface area (Å²) in [6, 6.07) is 6.35. The third-order valence-corrected chi connectivity index (χ3v) is 5.37. The molecule has 1 aliphatic rings. The van der Waals surface area contributed by atoms with Crippen LogP contribution in [0.3, 0.4) is 0 Å². The summed E-state index contributed by atoms with van der Waals surface area (Å²) in [6.45, 7) is 0. The summed E-state index contributed by atoms with van der Waals surface area (Å²) < 4.78 is 13.9. The lowest BCUT2D eigenvalue weighted by Crippen LogP contribution is -2.08. The highest BCUT2D eigenvalue weighted by atomic mass is 35.5. The van der Waals surface area contributed by atoms with Gasteiger partial charge in [-0.05, 0) is 24.7 Å². The Morgan fingerprint density at radius 3 is 2.43 bits per heavy atom. The summed E-state index contributed by atoms with van der Waals surface area (Å²) in [4.78, 5) is 8.72. The average molecular weight is 343 g/mol. The zero-order chi connectivity index (χ0) is 14.8. The molecule has 3 rings (SSSR count). The first-order valence-electron chi connectivity index (χ1n) is 6.76. The number of hydrogen-bond donors (Lipinski definition) is 0. The number of rotatable bonds is 2. The summed E-state index contributed by atoms with van der Waals surface area (Å²) in [7, 11) is 0. The summed E-state index contributed by atoms with van der Waals surface area (Å²) in [5.41, 5.74) is 0.691. The van der Waals surface area contributed by atoms with Gasteiger partial charge in [0.15, 0.2) is 0 Å². The van der Waals surface area contributed by atoms with Crippen molar-refractivity contribution >= 4 is 35.0 Å².